The molecular weight excluding hydrogens is 384 g/mol. The highest BCUT2D eigenvalue weighted by atomic mass is 16.5. The highest BCUT2D eigenvalue weighted by molar-refractivity contribution is 5.93. The standard InChI is InChI=1S/C22H24N4O4/c1-25(13-17-23-9-10-24-17)20(27)18-16-7-8-22(30-16)14-26(21(28)19(18)22)11-12-29-15-5-3-2-4-6-15/h2-10,16,18-19H,11-14H2,1H3,(H,23,24)/t16-,18?,19?,22-/m1/s1. The van der Waals surface area contributed by atoms with Crippen molar-refractivity contribution in [2.24, 2.45) is 11.8 Å². The third-order valence-electron chi connectivity index (χ3n) is 6.16. The lowest BCUT2D eigenvalue weighted by Crippen LogP contribution is -2.44. The number of rotatable bonds is 7. The third-order valence-corrected chi connectivity index (χ3v) is 6.16. The summed E-state index contributed by atoms with van der Waals surface area (Å²) in [4.78, 5) is 37.0. The Bertz CT molecular complexity index is 961. The number of amides is 2. The number of H-pyrrole nitrogens is 1. The number of imidazole rings is 1. The molecule has 8 nitrogen and oxygen atoms in total. The smallest absolute Gasteiger partial charge is 0.230 e. The van der Waals surface area contributed by atoms with E-state index in [0.717, 1.165) is 5.75 Å². The van der Waals surface area contributed by atoms with Crippen LogP contribution < -0.4 is 4.74 Å². The van der Waals surface area contributed by atoms with Gasteiger partial charge in [-0.3, -0.25) is 9.59 Å². The fourth-order valence-electron chi connectivity index (χ4n) is 4.78. The predicted octanol–water partition coefficient (Wildman–Crippen LogP) is 1.23. The van der Waals surface area contributed by atoms with Crippen LogP contribution in [-0.2, 0) is 20.9 Å². The Morgan fingerprint density at radius 1 is 1.40 bits per heavy atom. The van der Waals surface area contributed by atoms with Crippen molar-refractivity contribution >= 4 is 11.8 Å². The number of para-hydroxylation sites is 1. The number of aromatic amines is 1. The maximum atomic E-state index is 13.2. The normalized spacial score (nSPS) is 28.8. The van der Waals surface area contributed by atoms with Gasteiger partial charge in [0.15, 0.2) is 0 Å². The van der Waals surface area contributed by atoms with Gasteiger partial charge in [-0.1, -0.05) is 30.4 Å². The molecule has 1 aromatic heterocycles. The van der Waals surface area contributed by atoms with E-state index < -0.39 is 17.4 Å². The van der Waals surface area contributed by atoms with Crippen LogP contribution in [0.5, 0.6) is 5.75 Å². The topological polar surface area (TPSA) is 87.8 Å². The number of aromatic nitrogens is 2. The van der Waals surface area contributed by atoms with Crippen LogP contribution in [0, 0.1) is 11.8 Å². The van der Waals surface area contributed by atoms with E-state index in [4.69, 9.17) is 9.47 Å². The molecule has 3 aliphatic rings. The first-order valence-corrected chi connectivity index (χ1v) is 10.1. The van der Waals surface area contributed by atoms with E-state index in [1.54, 1.807) is 29.2 Å². The van der Waals surface area contributed by atoms with Crippen molar-refractivity contribution in [1.82, 2.24) is 19.8 Å². The number of carbonyl (C=O) groups is 2. The van der Waals surface area contributed by atoms with Crippen molar-refractivity contribution in [2.45, 2.75) is 18.2 Å². The minimum atomic E-state index is -0.708. The van der Waals surface area contributed by atoms with Crippen molar-refractivity contribution < 1.29 is 19.1 Å². The molecule has 2 aromatic rings. The van der Waals surface area contributed by atoms with Crippen molar-refractivity contribution in [1.29, 1.82) is 0 Å². The Morgan fingerprint density at radius 3 is 3.00 bits per heavy atom. The van der Waals surface area contributed by atoms with Gasteiger partial charge in [-0.05, 0) is 12.1 Å². The number of nitrogens with zero attached hydrogens (tertiary/aromatic N) is 3. The van der Waals surface area contributed by atoms with Crippen LogP contribution in [0.4, 0.5) is 0 Å². The average Bonchev–Trinajstić information content (AvgIpc) is 3.51. The van der Waals surface area contributed by atoms with Crippen LogP contribution in [-0.4, -0.2) is 70.0 Å². The maximum absolute atomic E-state index is 13.2. The first kappa shape index (κ1) is 18.9. The Morgan fingerprint density at radius 2 is 2.23 bits per heavy atom. The van der Waals surface area contributed by atoms with Crippen LogP contribution in [0.2, 0.25) is 0 Å². The van der Waals surface area contributed by atoms with Gasteiger partial charge >= 0.3 is 0 Å². The van der Waals surface area contributed by atoms with Crippen LogP contribution in [0.3, 0.4) is 0 Å². The molecular formula is C22H24N4O4. The Labute approximate surface area is 174 Å². The summed E-state index contributed by atoms with van der Waals surface area (Å²) in [6, 6.07) is 9.52. The van der Waals surface area contributed by atoms with Gasteiger partial charge in [-0.15, -0.1) is 0 Å². The molecule has 0 saturated carbocycles. The average molecular weight is 408 g/mol. The summed E-state index contributed by atoms with van der Waals surface area (Å²) in [6.45, 7) is 1.66. The molecule has 2 bridgehead atoms. The van der Waals surface area contributed by atoms with Crippen LogP contribution in [0.25, 0.3) is 0 Å². The van der Waals surface area contributed by atoms with E-state index in [2.05, 4.69) is 9.97 Å². The number of ether oxygens (including phenoxy) is 2. The molecule has 2 unspecified atom stereocenters. The number of hydrogen-bond donors (Lipinski definition) is 1. The van der Waals surface area contributed by atoms with Crippen LogP contribution in [0.15, 0.2) is 54.9 Å². The zero-order valence-corrected chi connectivity index (χ0v) is 16.7. The van der Waals surface area contributed by atoms with Crippen LogP contribution in [0.1, 0.15) is 5.82 Å². The summed E-state index contributed by atoms with van der Waals surface area (Å²) >= 11 is 0. The lowest BCUT2D eigenvalue weighted by Gasteiger charge is -2.27. The SMILES string of the molecule is CN(Cc1ncc[nH]1)C(=O)C1C2C(=O)N(CCOc3ccccc3)C[C@]23C=C[C@H]1O3. The summed E-state index contributed by atoms with van der Waals surface area (Å²) in [5.41, 5.74) is -0.708. The molecule has 8 heteroatoms. The van der Waals surface area contributed by atoms with E-state index >= 15 is 0 Å². The quantitative estimate of drug-likeness (QED) is 0.697. The van der Waals surface area contributed by atoms with E-state index in [1.165, 1.54) is 0 Å². The minimum absolute atomic E-state index is 0.0386. The number of hydrogen-bond acceptors (Lipinski definition) is 5. The molecule has 4 atom stereocenters. The summed E-state index contributed by atoms with van der Waals surface area (Å²) in [7, 11) is 1.73. The third kappa shape index (κ3) is 3.08. The van der Waals surface area contributed by atoms with Gasteiger partial charge in [-0.2, -0.15) is 0 Å². The zero-order valence-electron chi connectivity index (χ0n) is 16.7. The second-order valence-corrected chi connectivity index (χ2v) is 8.05. The highest BCUT2D eigenvalue weighted by Crippen LogP contribution is 2.52. The largest absolute Gasteiger partial charge is 0.492 e. The van der Waals surface area contributed by atoms with Crippen LogP contribution >= 0.6 is 0 Å². The molecule has 0 radical (unpaired) electrons. The van der Waals surface area contributed by atoms with Gasteiger partial charge in [0.05, 0.1) is 37.6 Å². The molecule has 0 aliphatic carbocycles. The van der Waals surface area contributed by atoms with Gasteiger partial charge in [0.1, 0.15) is 23.8 Å². The fraction of sp³-hybridized carbons (Fsp3) is 0.409. The molecule has 1 aromatic carbocycles. The van der Waals surface area contributed by atoms with Crippen molar-refractivity contribution in [2.75, 3.05) is 26.7 Å². The molecule has 2 amide bonds. The van der Waals surface area contributed by atoms with Crippen molar-refractivity contribution in [3.63, 3.8) is 0 Å². The van der Waals surface area contributed by atoms with Gasteiger partial charge in [0.25, 0.3) is 0 Å². The predicted molar refractivity (Wildman–Crippen MR) is 107 cm³/mol. The second-order valence-electron chi connectivity index (χ2n) is 8.05. The number of benzene rings is 1. The molecule has 3 aliphatic heterocycles. The van der Waals surface area contributed by atoms with E-state index in [-0.39, 0.29) is 17.9 Å². The molecule has 30 heavy (non-hydrogen) atoms. The van der Waals surface area contributed by atoms with Gasteiger partial charge in [0.2, 0.25) is 11.8 Å². The second kappa shape index (κ2) is 7.28. The van der Waals surface area contributed by atoms with Gasteiger partial charge in [0, 0.05) is 19.4 Å². The molecule has 1 spiro atoms. The maximum Gasteiger partial charge on any atom is 0.230 e. The summed E-state index contributed by atoms with van der Waals surface area (Å²) < 4.78 is 11.9. The minimum Gasteiger partial charge on any atom is -0.492 e. The highest BCUT2D eigenvalue weighted by Gasteiger charge is 2.67. The van der Waals surface area contributed by atoms with Crippen molar-refractivity contribution in [3.8, 4) is 5.75 Å². The van der Waals surface area contributed by atoms with E-state index in [1.807, 2.05) is 42.5 Å². The number of carbonyl (C=O) groups excluding carboxylic acids is 2. The van der Waals surface area contributed by atoms with E-state index in [9.17, 15) is 9.59 Å². The molecule has 156 valence electrons. The van der Waals surface area contributed by atoms with Gasteiger partial charge in [-0.25, -0.2) is 4.98 Å². The van der Waals surface area contributed by atoms with E-state index in [0.29, 0.717) is 32.1 Å². The molecule has 1 N–H and O–H groups in total. The molecule has 2 fully saturated rings. The molecule has 2 saturated heterocycles. The fourth-order valence-corrected chi connectivity index (χ4v) is 4.78. The lowest BCUT2D eigenvalue weighted by molar-refractivity contribution is -0.142. The number of likely N-dealkylation sites (tertiary alicyclic amines) is 1. The van der Waals surface area contributed by atoms with Crippen molar-refractivity contribution in [3.05, 3.63) is 60.7 Å². The zero-order chi connectivity index (χ0) is 20.7. The molecule has 5 rings (SSSR count). The number of fused-ring (bicyclic) bond motifs is 1. The summed E-state index contributed by atoms with van der Waals surface area (Å²) in [5.74, 6) is 0.342. The summed E-state index contributed by atoms with van der Waals surface area (Å²) in [5, 5.41) is 0. The Balaban J connectivity index is 1.27. The molecule has 4 heterocycles. The summed E-state index contributed by atoms with van der Waals surface area (Å²) in [6.07, 6.45) is 6.92. The Kier molecular flexibility index (Phi) is 4.58. The monoisotopic (exact) mass is 408 g/mol. The lowest BCUT2D eigenvalue weighted by atomic mass is 9.76. The first-order valence-electron chi connectivity index (χ1n) is 10.1. The Hall–Kier alpha value is -3.13. The first-order chi connectivity index (χ1) is 14.6. The number of nitrogens with one attached hydrogen (secondary N) is 1. The van der Waals surface area contributed by atoms with Gasteiger partial charge < -0.3 is 24.3 Å².